The number of aromatic nitrogens is 2. The van der Waals surface area contributed by atoms with Crippen molar-refractivity contribution in [2.45, 2.75) is 20.5 Å². The number of ether oxygens (including phenoxy) is 1. The molecule has 0 saturated heterocycles. The number of rotatable bonds is 5. The molecule has 23 heavy (non-hydrogen) atoms. The Morgan fingerprint density at radius 2 is 1.91 bits per heavy atom. The molecule has 1 aromatic carbocycles. The Balaban J connectivity index is 1.92. The lowest BCUT2D eigenvalue weighted by molar-refractivity contribution is -0.119. The molecule has 2 rings (SSSR count). The number of nitrogens with one attached hydrogen (secondary N) is 1. The quantitative estimate of drug-likeness (QED) is 0.811. The van der Waals surface area contributed by atoms with Crippen LogP contribution in [0.5, 0.6) is 0 Å². The van der Waals surface area contributed by atoms with Crippen molar-refractivity contribution in [3.05, 3.63) is 46.8 Å². The lowest BCUT2D eigenvalue weighted by Gasteiger charge is -2.07. The van der Waals surface area contributed by atoms with E-state index < -0.39 is 11.9 Å². The fourth-order valence-electron chi connectivity index (χ4n) is 2.09. The molecule has 0 aliphatic heterocycles. The van der Waals surface area contributed by atoms with Crippen LogP contribution in [-0.2, 0) is 23.2 Å². The van der Waals surface area contributed by atoms with Crippen LogP contribution in [0.25, 0.3) is 0 Å². The summed E-state index contributed by atoms with van der Waals surface area (Å²) in [5, 5.41) is 15.8. The first kappa shape index (κ1) is 16.7. The number of amides is 1. The average Bonchev–Trinajstić information content (AvgIpc) is 2.79. The molecule has 7 nitrogen and oxygen atoms in total. The average molecular weight is 317 g/mol. The molecule has 122 valence electrons. The van der Waals surface area contributed by atoms with Crippen LogP contribution in [0.15, 0.2) is 24.3 Å². The van der Waals surface area contributed by atoms with Crippen molar-refractivity contribution >= 4 is 17.6 Å². The number of carbonyl (C=O) groups is 2. The Kier molecular flexibility index (Phi) is 5.13. The van der Waals surface area contributed by atoms with Crippen molar-refractivity contribution in [2.24, 2.45) is 7.05 Å². The zero-order valence-electron chi connectivity index (χ0n) is 13.3. The van der Waals surface area contributed by atoms with Crippen molar-refractivity contribution in [1.82, 2.24) is 9.78 Å². The third-order valence-corrected chi connectivity index (χ3v) is 3.48. The Morgan fingerprint density at radius 3 is 2.43 bits per heavy atom. The van der Waals surface area contributed by atoms with Crippen molar-refractivity contribution in [1.29, 1.82) is 0 Å². The number of carbonyl (C=O) groups excluding carboxylic acids is 2. The van der Waals surface area contributed by atoms with Gasteiger partial charge in [0.15, 0.2) is 6.61 Å². The fraction of sp³-hybridized carbons (Fsp3) is 0.312. The maximum Gasteiger partial charge on any atom is 0.338 e. The molecule has 1 heterocycles. The maximum absolute atomic E-state index is 11.9. The number of aryl methyl sites for hydroxylation is 2. The summed E-state index contributed by atoms with van der Waals surface area (Å²) in [6.07, 6.45) is 0. The smallest absolute Gasteiger partial charge is 0.338 e. The molecule has 0 radical (unpaired) electrons. The first-order valence-electron chi connectivity index (χ1n) is 7.09. The van der Waals surface area contributed by atoms with E-state index >= 15 is 0 Å². The molecule has 2 aromatic rings. The summed E-state index contributed by atoms with van der Waals surface area (Å²) in [6.45, 7) is 3.15. The van der Waals surface area contributed by atoms with E-state index in [0.29, 0.717) is 22.5 Å². The number of hydrogen-bond donors (Lipinski definition) is 2. The Hall–Kier alpha value is -2.67. The van der Waals surface area contributed by atoms with Gasteiger partial charge < -0.3 is 15.2 Å². The number of esters is 1. The summed E-state index contributed by atoms with van der Waals surface area (Å²) in [6, 6.07) is 6.33. The molecule has 0 aliphatic rings. The second kappa shape index (κ2) is 7.06. The van der Waals surface area contributed by atoms with E-state index in [9.17, 15) is 9.59 Å². The van der Waals surface area contributed by atoms with E-state index in [4.69, 9.17) is 9.84 Å². The zero-order valence-corrected chi connectivity index (χ0v) is 13.3. The van der Waals surface area contributed by atoms with Crippen LogP contribution < -0.4 is 5.32 Å². The molecule has 0 atom stereocenters. The first-order valence-corrected chi connectivity index (χ1v) is 7.09. The third-order valence-electron chi connectivity index (χ3n) is 3.48. The van der Waals surface area contributed by atoms with Crippen LogP contribution in [0.3, 0.4) is 0 Å². The van der Waals surface area contributed by atoms with Gasteiger partial charge in [0.2, 0.25) is 0 Å². The van der Waals surface area contributed by atoms with Crippen LogP contribution in [0.2, 0.25) is 0 Å². The molecule has 0 bridgehead atoms. The van der Waals surface area contributed by atoms with Gasteiger partial charge in [0, 0.05) is 7.05 Å². The molecule has 2 N–H and O–H groups in total. The molecule has 1 aromatic heterocycles. The largest absolute Gasteiger partial charge is 0.452 e. The minimum absolute atomic E-state index is 0.0957. The molecule has 0 unspecified atom stereocenters. The van der Waals surface area contributed by atoms with Crippen LogP contribution in [0, 0.1) is 13.8 Å². The van der Waals surface area contributed by atoms with Crippen molar-refractivity contribution < 1.29 is 19.4 Å². The van der Waals surface area contributed by atoms with Gasteiger partial charge in [0.05, 0.1) is 29.2 Å². The highest BCUT2D eigenvalue weighted by Crippen LogP contribution is 2.18. The van der Waals surface area contributed by atoms with Crippen LogP contribution in [-0.4, -0.2) is 33.4 Å². The van der Waals surface area contributed by atoms with Gasteiger partial charge in [0.1, 0.15) is 0 Å². The lowest BCUT2D eigenvalue weighted by atomic mass is 10.1. The van der Waals surface area contributed by atoms with Gasteiger partial charge in [-0.15, -0.1) is 0 Å². The van der Waals surface area contributed by atoms with E-state index in [1.54, 1.807) is 42.9 Å². The Bertz CT molecular complexity index is 720. The standard InChI is InChI=1S/C16H19N3O4/c1-10-15(11(2)19(3)18-10)17-14(21)9-23-16(22)13-6-4-12(8-20)5-7-13/h4-7,20H,8-9H2,1-3H3,(H,17,21). The second-order valence-corrected chi connectivity index (χ2v) is 5.15. The highest BCUT2D eigenvalue weighted by atomic mass is 16.5. The maximum atomic E-state index is 11.9. The fourth-order valence-corrected chi connectivity index (χ4v) is 2.09. The summed E-state index contributed by atoms with van der Waals surface area (Å²) < 4.78 is 6.65. The minimum Gasteiger partial charge on any atom is -0.452 e. The lowest BCUT2D eigenvalue weighted by Crippen LogP contribution is -2.21. The first-order chi connectivity index (χ1) is 10.9. The molecular weight excluding hydrogens is 298 g/mol. The normalized spacial score (nSPS) is 10.4. The van der Waals surface area contributed by atoms with Gasteiger partial charge in [-0.3, -0.25) is 9.48 Å². The molecule has 0 fully saturated rings. The zero-order chi connectivity index (χ0) is 17.0. The predicted molar refractivity (Wildman–Crippen MR) is 84.0 cm³/mol. The molecule has 7 heteroatoms. The van der Waals surface area contributed by atoms with E-state index in [1.807, 2.05) is 6.92 Å². The Labute approximate surface area is 133 Å². The summed E-state index contributed by atoms with van der Waals surface area (Å²) in [5.74, 6) is -1.02. The van der Waals surface area contributed by atoms with Gasteiger partial charge in [0.25, 0.3) is 5.91 Å². The summed E-state index contributed by atoms with van der Waals surface area (Å²) in [4.78, 5) is 23.8. The van der Waals surface area contributed by atoms with E-state index in [1.165, 1.54) is 0 Å². The van der Waals surface area contributed by atoms with Gasteiger partial charge in [-0.25, -0.2) is 4.79 Å². The predicted octanol–water partition coefficient (Wildman–Crippen LogP) is 1.32. The number of anilines is 1. The molecular formula is C16H19N3O4. The van der Waals surface area contributed by atoms with E-state index in [-0.39, 0.29) is 13.2 Å². The van der Waals surface area contributed by atoms with E-state index in [2.05, 4.69) is 10.4 Å². The topological polar surface area (TPSA) is 93.5 Å². The highest BCUT2D eigenvalue weighted by molar-refractivity contribution is 5.96. The summed E-state index contributed by atoms with van der Waals surface area (Å²) >= 11 is 0. The monoisotopic (exact) mass is 317 g/mol. The summed E-state index contributed by atoms with van der Waals surface area (Å²) in [5.41, 5.74) is 3.16. The number of aliphatic hydroxyl groups is 1. The van der Waals surface area contributed by atoms with Gasteiger partial charge in [-0.1, -0.05) is 12.1 Å². The van der Waals surface area contributed by atoms with Gasteiger partial charge >= 0.3 is 5.97 Å². The molecule has 0 spiro atoms. The van der Waals surface area contributed by atoms with E-state index in [0.717, 1.165) is 5.69 Å². The van der Waals surface area contributed by atoms with Crippen molar-refractivity contribution in [2.75, 3.05) is 11.9 Å². The van der Waals surface area contributed by atoms with Crippen LogP contribution in [0.1, 0.15) is 27.3 Å². The molecule has 1 amide bonds. The van der Waals surface area contributed by atoms with Crippen molar-refractivity contribution in [3.63, 3.8) is 0 Å². The van der Waals surface area contributed by atoms with Crippen molar-refractivity contribution in [3.8, 4) is 0 Å². The SMILES string of the molecule is Cc1nn(C)c(C)c1NC(=O)COC(=O)c1ccc(CO)cc1. The molecule has 0 saturated carbocycles. The highest BCUT2D eigenvalue weighted by Gasteiger charge is 2.14. The third kappa shape index (κ3) is 3.95. The van der Waals surface area contributed by atoms with Gasteiger partial charge in [-0.2, -0.15) is 5.10 Å². The Morgan fingerprint density at radius 1 is 1.26 bits per heavy atom. The number of aliphatic hydroxyl groups excluding tert-OH is 1. The number of benzene rings is 1. The summed E-state index contributed by atoms with van der Waals surface area (Å²) in [7, 11) is 1.79. The minimum atomic E-state index is -0.593. The number of nitrogens with zero attached hydrogens (tertiary/aromatic N) is 2. The van der Waals surface area contributed by atoms with Gasteiger partial charge in [-0.05, 0) is 31.5 Å². The number of hydrogen-bond acceptors (Lipinski definition) is 5. The molecule has 0 aliphatic carbocycles. The second-order valence-electron chi connectivity index (χ2n) is 5.15. The van der Waals surface area contributed by atoms with Crippen LogP contribution >= 0.6 is 0 Å². The van der Waals surface area contributed by atoms with Crippen LogP contribution in [0.4, 0.5) is 5.69 Å².